The van der Waals surface area contributed by atoms with Gasteiger partial charge < -0.3 is 10.9 Å². The molecule has 0 aliphatic rings. The van der Waals surface area contributed by atoms with Crippen LogP contribution in [0.1, 0.15) is 5.56 Å². The molecule has 0 aliphatic heterocycles. The summed E-state index contributed by atoms with van der Waals surface area (Å²) in [5.41, 5.74) is 7.70. The summed E-state index contributed by atoms with van der Waals surface area (Å²) in [6.07, 6.45) is 1.56. The predicted octanol–water partition coefficient (Wildman–Crippen LogP) is 2.26. The Morgan fingerprint density at radius 2 is 2.05 bits per heavy atom. The molecule has 0 atom stereocenters. The van der Waals surface area contributed by atoms with E-state index in [4.69, 9.17) is 10.9 Å². The van der Waals surface area contributed by atoms with Gasteiger partial charge in [-0.1, -0.05) is 17.3 Å². The fourth-order valence-electron chi connectivity index (χ4n) is 2.07. The summed E-state index contributed by atoms with van der Waals surface area (Å²) in [6, 6.07) is 11.8. The highest BCUT2D eigenvalue weighted by molar-refractivity contribution is 5.97. The number of oxime groups is 1. The van der Waals surface area contributed by atoms with E-state index in [0.717, 1.165) is 11.0 Å². The van der Waals surface area contributed by atoms with Gasteiger partial charge in [-0.3, -0.25) is 4.57 Å². The van der Waals surface area contributed by atoms with E-state index in [2.05, 4.69) is 10.1 Å². The van der Waals surface area contributed by atoms with Crippen molar-refractivity contribution in [3.8, 4) is 5.69 Å². The Hall–Kier alpha value is -2.89. The molecular weight excluding hydrogens is 259 g/mol. The molecule has 0 unspecified atom stereocenters. The molecule has 1 aromatic heterocycles. The van der Waals surface area contributed by atoms with Crippen LogP contribution < -0.4 is 5.73 Å². The van der Waals surface area contributed by atoms with Crippen LogP contribution in [0.15, 0.2) is 53.9 Å². The van der Waals surface area contributed by atoms with Crippen LogP contribution >= 0.6 is 0 Å². The number of hydrogen-bond donors (Lipinski definition) is 2. The molecule has 0 saturated carbocycles. The SMILES string of the molecule is N/C(=N\O)c1ccc(-n2cnc3ccccc32)c(F)c1. The number of amidine groups is 1. The fraction of sp³-hybridized carbons (Fsp3) is 0. The molecule has 3 aromatic rings. The van der Waals surface area contributed by atoms with Crippen LogP contribution in [0.2, 0.25) is 0 Å². The highest BCUT2D eigenvalue weighted by atomic mass is 19.1. The quantitative estimate of drug-likeness (QED) is 0.324. The minimum absolute atomic E-state index is 0.133. The summed E-state index contributed by atoms with van der Waals surface area (Å²) in [4.78, 5) is 4.22. The third-order valence-corrected chi connectivity index (χ3v) is 3.06. The second kappa shape index (κ2) is 4.65. The minimum Gasteiger partial charge on any atom is -0.409 e. The average Bonchev–Trinajstić information content (AvgIpc) is 2.90. The first kappa shape index (κ1) is 12.2. The van der Waals surface area contributed by atoms with Crippen LogP contribution in [-0.2, 0) is 0 Å². The molecule has 0 bridgehead atoms. The van der Waals surface area contributed by atoms with E-state index in [1.165, 1.54) is 6.07 Å². The summed E-state index contributed by atoms with van der Waals surface area (Å²) in [5.74, 6) is -0.608. The summed E-state index contributed by atoms with van der Waals surface area (Å²) in [5, 5.41) is 11.4. The number of rotatable bonds is 2. The molecule has 3 N–H and O–H groups in total. The number of benzene rings is 2. The van der Waals surface area contributed by atoms with Crippen molar-refractivity contribution in [1.82, 2.24) is 9.55 Å². The van der Waals surface area contributed by atoms with Crippen LogP contribution in [0.3, 0.4) is 0 Å². The zero-order chi connectivity index (χ0) is 14.1. The number of para-hydroxylation sites is 2. The number of fused-ring (bicyclic) bond motifs is 1. The summed E-state index contributed by atoms with van der Waals surface area (Å²) >= 11 is 0. The van der Waals surface area contributed by atoms with E-state index in [9.17, 15) is 4.39 Å². The van der Waals surface area contributed by atoms with Gasteiger partial charge in [-0.05, 0) is 30.3 Å². The van der Waals surface area contributed by atoms with Gasteiger partial charge in [0, 0.05) is 5.56 Å². The largest absolute Gasteiger partial charge is 0.409 e. The van der Waals surface area contributed by atoms with Crippen molar-refractivity contribution in [1.29, 1.82) is 0 Å². The molecule has 100 valence electrons. The molecule has 6 heteroatoms. The topological polar surface area (TPSA) is 76.4 Å². The molecule has 0 saturated heterocycles. The van der Waals surface area contributed by atoms with Gasteiger partial charge in [-0.2, -0.15) is 0 Å². The van der Waals surface area contributed by atoms with Crippen LogP contribution in [0.5, 0.6) is 0 Å². The number of imidazole rings is 1. The van der Waals surface area contributed by atoms with Crippen molar-refractivity contribution in [3.05, 3.63) is 60.2 Å². The van der Waals surface area contributed by atoms with Crippen LogP contribution in [-0.4, -0.2) is 20.6 Å². The maximum Gasteiger partial charge on any atom is 0.170 e. The molecular formula is C14H11FN4O. The van der Waals surface area contributed by atoms with E-state index in [1.54, 1.807) is 23.0 Å². The number of halogens is 1. The third kappa shape index (κ3) is 1.87. The normalized spacial score (nSPS) is 11.9. The highest BCUT2D eigenvalue weighted by Crippen LogP contribution is 2.21. The Morgan fingerprint density at radius 1 is 1.25 bits per heavy atom. The van der Waals surface area contributed by atoms with Gasteiger partial charge in [0.2, 0.25) is 0 Å². The van der Waals surface area contributed by atoms with E-state index < -0.39 is 5.82 Å². The number of hydrogen-bond acceptors (Lipinski definition) is 3. The molecule has 0 spiro atoms. The van der Waals surface area contributed by atoms with Crippen molar-refractivity contribution in [3.63, 3.8) is 0 Å². The van der Waals surface area contributed by atoms with Crippen molar-refractivity contribution in [2.45, 2.75) is 0 Å². The van der Waals surface area contributed by atoms with Gasteiger partial charge in [0.05, 0.1) is 16.7 Å². The van der Waals surface area contributed by atoms with Crippen LogP contribution in [0.4, 0.5) is 4.39 Å². The first-order valence-corrected chi connectivity index (χ1v) is 5.90. The van der Waals surface area contributed by atoms with Crippen molar-refractivity contribution in [2.24, 2.45) is 10.9 Å². The van der Waals surface area contributed by atoms with Crippen molar-refractivity contribution >= 4 is 16.9 Å². The third-order valence-electron chi connectivity index (χ3n) is 3.06. The Morgan fingerprint density at radius 3 is 2.80 bits per heavy atom. The lowest BCUT2D eigenvalue weighted by molar-refractivity contribution is 0.318. The average molecular weight is 270 g/mol. The predicted molar refractivity (Wildman–Crippen MR) is 73.5 cm³/mol. The Balaban J connectivity index is 2.15. The molecule has 0 fully saturated rings. The molecule has 0 aliphatic carbocycles. The lowest BCUT2D eigenvalue weighted by Crippen LogP contribution is -2.13. The molecule has 0 radical (unpaired) electrons. The van der Waals surface area contributed by atoms with E-state index in [-0.39, 0.29) is 5.84 Å². The molecule has 1 heterocycles. The molecule has 3 rings (SSSR count). The van der Waals surface area contributed by atoms with Crippen LogP contribution in [0.25, 0.3) is 16.7 Å². The van der Waals surface area contributed by atoms with Gasteiger partial charge in [-0.15, -0.1) is 0 Å². The van der Waals surface area contributed by atoms with E-state index in [1.807, 2.05) is 24.3 Å². The number of aromatic nitrogens is 2. The Bertz CT molecular complexity index is 810. The molecule has 0 amide bonds. The van der Waals surface area contributed by atoms with Gasteiger partial charge in [0.15, 0.2) is 5.84 Å². The lowest BCUT2D eigenvalue weighted by Gasteiger charge is -2.07. The van der Waals surface area contributed by atoms with Crippen molar-refractivity contribution in [2.75, 3.05) is 0 Å². The van der Waals surface area contributed by atoms with Gasteiger partial charge in [0.25, 0.3) is 0 Å². The Kier molecular flexibility index (Phi) is 2.83. The van der Waals surface area contributed by atoms with Gasteiger partial charge >= 0.3 is 0 Å². The minimum atomic E-state index is -0.475. The summed E-state index contributed by atoms with van der Waals surface area (Å²) in [6.45, 7) is 0. The highest BCUT2D eigenvalue weighted by Gasteiger charge is 2.10. The zero-order valence-corrected chi connectivity index (χ0v) is 10.4. The number of nitrogens with two attached hydrogens (primary N) is 1. The second-order valence-corrected chi connectivity index (χ2v) is 4.25. The van der Waals surface area contributed by atoms with E-state index in [0.29, 0.717) is 11.3 Å². The monoisotopic (exact) mass is 270 g/mol. The first-order chi connectivity index (χ1) is 9.70. The van der Waals surface area contributed by atoms with Crippen LogP contribution in [0, 0.1) is 5.82 Å². The Labute approximate surface area is 113 Å². The van der Waals surface area contributed by atoms with Crippen molar-refractivity contribution < 1.29 is 9.60 Å². The maximum absolute atomic E-state index is 14.2. The lowest BCUT2D eigenvalue weighted by atomic mass is 10.1. The smallest absolute Gasteiger partial charge is 0.170 e. The second-order valence-electron chi connectivity index (χ2n) is 4.25. The molecule has 5 nitrogen and oxygen atoms in total. The zero-order valence-electron chi connectivity index (χ0n) is 10.4. The van der Waals surface area contributed by atoms with E-state index >= 15 is 0 Å². The number of nitrogens with zero attached hydrogens (tertiary/aromatic N) is 3. The summed E-state index contributed by atoms with van der Waals surface area (Å²) < 4.78 is 15.9. The molecule has 20 heavy (non-hydrogen) atoms. The standard InChI is InChI=1S/C14H11FN4O/c15-10-7-9(14(16)18-20)5-6-12(10)19-8-17-11-3-1-2-4-13(11)19/h1-8,20H,(H2,16,18). The van der Waals surface area contributed by atoms with Gasteiger partial charge in [-0.25, -0.2) is 9.37 Å². The van der Waals surface area contributed by atoms with Gasteiger partial charge in [0.1, 0.15) is 12.1 Å². The fourth-order valence-corrected chi connectivity index (χ4v) is 2.07. The maximum atomic E-state index is 14.2. The summed E-state index contributed by atoms with van der Waals surface area (Å²) in [7, 11) is 0. The molecule has 2 aromatic carbocycles. The first-order valence-electron chi connectivity index (χ1n) is 5.90.